The van der Waals surface area contributed by atoms with Gasteiger partial charge in [0.15, 0.2) is 0 Å². The molecule has 0 bridgehead atoms. The monoisotopic (exact) mass is 278 g/mol. The fourth-order valence-corrected chi connectivity index (χ4v) is 2.43. The number of sulfonamides is 1. The van der Waals surface area contributed by atoms with Crippen LogP contribution in [-0.4, -0.2) is 37.6 Å². The second-order valence-electron chi connectivity index (χ2n) is 3.79. The maximum absolute atomic E-state index is 11.3. The summed E-state index contributed by atoms with van der Waals surface area (Å²) in [5.74, 6) is 0. The second-order valence-corrected chi connectivity index (χ2v) is 6.77. The third-order valence-corrected chi connectivity index (χ3v) is 4.60. The molecule has 0 radical (unpaired) electrons. The van der Waals surface area contributed by atoms with Gasteiger partial charge in [0.25, 0.3) is 0 Å². The molecule has 7 heteroatoms. The molecule has 0 unspecified atom stereocenters. The molecule has 0 aliphatic rings. The van der Waals surface area contributed by atoms with Crippen LogP contribution in [0.1, 0.15) is 30.7 Å². The van der Waals surface area contributed by atoms with Gasteiger partial charge in [-0.15, -0.1) is 11.3 Å². The summed E-state index contributed by atoms with van der Waals surface area (Å²) in [6.45, 7) is 4.81. The molecule has 0 spiro atoms. The van der Waals surface area contributed by atoms with Gasteiger partial charge in [0, 0.05) is 19.0 Å². The lowest BCUT2D eigenvalue weighted by Gasteiger charge is -2.12. The van der Waals surface area contributed by atoms with Crippen molar-refractivity contribution in [3.8, 4) is 0 Å². The summed E-state index contributed by atoms with van der Waals surface area (Å²) in [6, 6.07) is 0. The Balaban J connectivity index is 2.69. The van der Waals surface area contributed by atoms with Crippen molar-refractivity contribution in [3.63, 3.8) is 0 Å². The molecule has 5 nitrogen and oxygen atoms in total. The molecule has 17 heavy (non-hydrogen) atoms. The Morgan fingerprint density at radius 3 is 2.76 bits per heavy atom. The molecule has 0 aliphatic heterocycles. The lowest BCUT2D eigenvalue weighted by molar-refractivity contribution is 0.0760. The third kappa shape index (κ3) is 4.34. The zero-order valence-corrected chi connectivity index (χ0v) is 12.1. The van der Waals surface area contributed by atoms with Crippen LogP contribution in [-0.2, 0) is 21.3 Å². The van der Waals surface area contributed by atoms with Gasteiger partial charge in [0.05, 0.1) is 18.5 Å². The molecule has 0 saturated carbocycles. The maximum atomic E-state index is 11.3. The highest BCUT2D eigenvalue weighted by molar-refractivity contribution is 7.88. The van der Waals surface area contributed by atoms with Crippen LogP contribution in [0.4, 0.5) is 0 Å². The minimum absolute atomic E-state index is 0.0395. The molecular formula is C10H18N2O3S2. The Bertz CT molecular complexity index is 456. The van der Waals surface area contributed by atoms with Crippen molar-refractivity contribution < 1.29 is 13.2 Å². The van der Waals surface area contributed by atoms with E-state index in [-0.39, 0.29) is 6.10 Å². The minimum Gasteiger partial charge on any atom is -0.372 e. The highest BCUT2D eigenvalue weighted by Gasteiger charge is 2.15. The Kier molecular flexibility index (Phi) is 5.05. The maximum Gasteiger partial charge on any atom is 0.211 e. The predicted molar refractivity (Wildman–Crippen MR) is 68.5 cm³/mol. The smallest absolute Gasteiger partial charge is 0.211 e. The molecule has 0 amide bonds. The second kappa shape index (κ2) is 5.90. The molecule has 0 aromatic carbocycles. The van der Waals surface area contributed by atoms with Gasteiger partial charge >= 0.3 is 0 Å². The van der Waals surface area contributed by atoms with Crippen molar-refractivity contribution in [2.24, 2.45) is 0 Å². The van der Waals surface area contributed by atoms with Gasteiger partial charge in [-0.1, -0.05) is 0 Å². The number of rotatable bonds is 6. The molecule has 0 aliphatic carbocycles. The molecule has 1 aromatic heterocycles. The lowest BCUT2D eigenvalue weighted by Crippen LogP contribution is -2.25. The predicted octanol–water partition coefficient (Wildman–Crippen LogP) is 1.63. The van der Waals surface area contributed by atoms with Gasteiger partial charge in [-0.25, -0.2) is 13.4 Å². The number of nitrogens with zero attached hydrogens (tertiary/aromatic N) is 2. The normalized spacial score (nSPS) is 14.2. The van der Waals surface area contributed by atoms with Crippen LogP contribution in [0.2, 0.25) is 0 Å². The fraction of sp³-hybridized carbons (Fsp3) is 0.700. The molecule has 98 valence electrons. The van der Waals surface area contributed by atoms with Crippen LogP contribution < -0.4 is 0 Å². The molecule has 1 aromatic rings. The minimum atomic E-state index is -3.16. The Morgan fingerprint density at radius 1 is 1.59 bits per heavy atom. The Labute approximate surface area is 106 Å². The van der Waals surface area contributed by atoms with Crippen LogP contribution in [0.5, 0.6) is 0 Å². The first kappa shape index (κ1) is 14.6. The van der Waals surface area contributed by atoms with E-state index in [1.165, 1.54) is 21.9 Å². The first-order valence-electron chi connectivity index (χ1n) is 5.31. The van der Waals surface area contributed by atoms with E-state index in [9.17, 15) is 8.42 Å². The molecule has 1 heterocycles. The van der Waals surface area contributed by atoms with E-state index in [1.54, 1.807) is 7.05 Å². The quantitative estimate of drug-likeness (QED) is 0.793. The highest BCUT2D eigenvalue weighted by atomic mass is 32.2. The van der Waals surface area contributed by atoms with Crippen LogP contribution in [0.25, 0.3) is 0 Å². The molecule has 0 saturated heterocycles. The Hall–Kier alpha value is -0.500. The Morgan fingerprint density at radius 2 is 2.24 bits per heavy atom. The van der Waals surface area contributed by atoms with E-state index in [2.05, 4.69) is 4.98 Å². The fourth-order valence-electron chi connectivity index (χ4n) is 1.25. The number of thiazole rings is 1. The van der Waals surface area contributed by atoms with Gasteiger partial charge < -0.3 is 4.74 Å². The van der Waals surface area contributed by atoms with Gasteiger partial charge in [0.1, 0.15) is 11.1 Å². The highest BCUT2D eigenvalue weighted by Crippen LogP contribution is 2.21. The third-order valence-electron chi connectivity index (χ3n) is 2.28. The van der Waals surface area contributed by atoms with E-state index >= 15 is 0 Å². The lowest BCUT2D eigenvalue weighted by atomic mass is 10.4. The topological polar surface area (TPSA) is 59.5 Å². The van der Waals surface area contributed by atoms with Crippen molar-refractivity contribution in [1.29, 1.82) is 0 Å². The van der Waals surface area contributed by atoms with E-state index in [4.69, 9.17) is 4.74 Å². The SMILES string of the molecule is CCO[C@H](C)c1nc(CN(C)S(C)(=O)=O)cs1. The van der Waals surface area contributed by atoms with Crippen LogP contribution in [0, 0.1) is 0 Å². The van der Waals surface area contributed by atoms with Gasteiger partial charge in [-0.3, -0.25) is 0 Å². The van der Waals surface area contributed by atoms with Gasteiger partial charge in [0.2, 0.25) is 10.0 Å². The zero-order valence-electron chi connectivity index (χ0n) is 10.5. The van der Waals surface area contributed by atoms with E-state index in [0.29, 0.717) is 13.2 Å². The van der Waals surface area contributed by atoms with Crippen LogP contribution >= 0.6 is 11.3 Å². The van der Waals surface area contributed by atoms with Crippen molar-refractivity contribution in [2.45, 2.75) is 26.5 Å². The van der Waals surface area contributed by atoms with Crippen molar-refractivity contribution in [3.05, 3.63) is 16.1 Å². The standard InChI is InChI=1S/C10H18N2O3S2/c1-5-15-8(2)10-11-9(7-16-10)6-12(3)17(4,13)14/h7-8H,5-6H2,1-4H3/t8-/m1/s1. The average Bonchev–Trinajstić information content (AvgIpc) is 2.65. The van der Waals surface area contributed by atoms with Crippen molar-refractivity contribution in [2.75, 3.05) is 19.9 Å². The van der Waals surface area contributed by atoms with Crippen LogP contribution in [0.15, 0.2) is 5.38 Å². The van der Waals surface area contributed by atoms with E-state index < -0.39 is 10.0 Å². The number of aromatic nitrogens is 1. The van der Waals surface area contributed by atoms with E-state index in [1.807, 2.05) is 19.2 Å². The van der Waals surface area contributed by atoms with E-state index in [0.717, 1.165) is 10.7 Å². The summed E-state index contributed by atoms with van der Waals surface area (Å²) in [5.41, 5.74) is 0.754. The molecule has 1 atom stereocenters. The summed E-state index contributed by atoms with van der Waals surface area (Å²) in [6.07, 6.45) is 1.14. The summed E-state index contributed by atoms with van der Waals surface area (Å²) < 4.78 is 29.2. The van der Waals surface area contributed by atoms with Crippen LogP contribution in [0.3, 0.4) is 0 Å². The molecule has 0 N–H and O–H groups in total. The number of hydrogen-bond acceptors (Lipinski definition) is 5. The van der Waals surface area contributed by atoms with Crippen molar-refractivity contribution >= 4 is 21.4 Å². The number of ether oxygens (including phenoxy) is 1. The van der Waals surface area contributed by atoms with Gasteiger partial charge in [-0.05, 0) is 13.8 Å². The molecule has 1 rings (SSSR count). The summed E-state index contributed by atoms with van der Waals surface area (Å²) in [5, 5.41) is 2.75. The van der Waals surface area contributed by atoms with Gasteiger partial charge in [-0.2, -0.15) is 4.31 Å². The summed E-state index contributed by atoms with van der Waals surface area (Å²) in [4.78, 5) is 4.37. The largest absolute Gasteiger partial charge is 0.372 e. The van der Waals surface area contributed by atoms with Crippen molar-refractivity contribution in [1.82, 2.24) is 9.29 Å². The zero-order chi connectivity index (χ0) is 13.1. The molecule has 0 fully saturated rings. The molecular weight excluding hydrogens is 260 g/mol. The first-order chi connectivity index (χ1) is 7.84. The first-order valence-corrected chi connectivity index (χ1v) is 8.04. The average molecular weight is 278 g/mol. The number of hydrogen-bond donors (Lipinski definition) is 0. The summed E-state index contributed by atoms with van der Waals surface area (Å²) in [7, 11) is -1.61. The summed E-state index contributed by atoms with van der Waals surface area (Å²) >= 11 is 1.49.